The number of hydrogen-bond acceptors (Lipinski definition) is 2. The van der Waals surface area contributed by atoms with Crippen LogP contribution in [0.4, 0.5) is 4.39 Å². The van der Waals surface area contributed by atoms with Crippen LogP contribution in [-0.2, 0) is 17.8 Å². The smallest absolute Gasteiger partial charge is 0.227 e. The van der Waals surface area contributed by atoms with Gasteiger partial charge in [-0.3, -0.25) is 9.48 Å². The molecule has 0 saturated carbocycles. The van der Waals surface area contributed by atoms with E-state index in [1.54, 1.807) is 12.1 Å². The topological polar surface area (TPSA) is 38.1 Å². The second-order valence-corrected chi connectivity index (χ2v) is 7.31. The van der Waals surface area contributed by atoms with Crippen molar-refractivity contribution in [1.29, 1.82) is 0 Å². The summed E-state index contributed by atoms with van der Waals surface area (Å²) in [6.07, 6.45) is 0.342. The van der Waals surface area contributed by atoms with Crippen molar-refractivity contribution in [2.75, 3.05) is 6.54 Å². The molecule has 0 spiro atoms. The van der Waals surface area contributed by atoms with Crippen LogP contribution < -0.4 is 0 Å². The highest BCUT2D eigenvalue weighted by Crippen LogP contribution is 2.23. The Morgan fingerprint density at radius 1 is 1.19 bits per heavy atom. The maximum Gasteiger partial charge on any atom is 0.227 e. The summed E-state index contributed by atoms with van der Waals surface area (Å²) in [5.41, 5.74) is 3.93. The first-order chi connectivity index (χ1) is 12.2. The Hall–Kier alpha value is -2.17. The highest BCUT2D eigenvalue weighted by atomic mass is 19.1. The standard InChI is InChI=1S/C21H30FN3O/c1-7-24(16(5)18-8-10-19(22)11-9-18)21(26)12-20-15(4)23-25(17(20)6)13-14(2)3/h8-11,14,16H,7,12-13H2,1-6H3/t16-/m1/s1. The van der Waals surface area contributed by atoms with Gasteiger partial charge in [0.25, 0.3) is 0 Å². The van der Waals surface area contributed by atoms with E-state index >= 15 is 0 Å². The van der Waals surface area contributed by atoms with Gasteiger partial charge in [0.2, 0.25) is 5.91 Å². The van der Waals surface area contributed by atoms with Crippen molar-refractivity contribution in [1.82, 2.24) is 14.7 Å². The minimum absolute atomic E-state index is 0.0691. The van der Waals surface area contributed by atoms with Crippen LogP contribution in [0.1, 0.15) is 56.3 Å². The van der Waals surface area contributed by atoms with E-state index in [0.717, 1.165) is 29.1 Å². The highest BCUT2D eigenvalue weighted by molar-refractivity contribution is 5.79. The molecule has 26 heavy (non-hydrogen) atoms. The quantitative estimate of drug-likeness (QED) is 0.733. The summed E-state index contributed by atoms with van der Waals surface area (Å²) in [5, 5.41) is 4.61. The van der Waals surface area contributed by atoms with Crippen molar-refractivity contribution in [3.05, 3.63) is 52.6 Å². The van der Waals surface area contributed by atoms with Crippen molar-refractivity contribution in [2.45, 2.75) is 60.5 Å². The molecule has 1 heterocycles. The van der Waals surface area contributed by atoms with E-state index in [-0.39, 0.29) is 17.8 Å². The van der Waals surface area contributed by atoms with E-state index < -0.39 is 0 Å². The zero-order valence-electron chi connectivity index (χ0n) is 16.7. The Balaban J connectivity index is 2.19. The lowest BCUT2D eigenvalue weighted by atomic mass is 10.0. The number of benzene rings is 1. The van der Waals surface area contributed by atoms with Crippen LogP contribution in [0.5, 0.6) is 0 Å². The fourth-order valence-electron chi connectivity index (χ4n) is 3.35. The van der Waals surface area contributed by atoms with Crippen molar-refractivity contribution in [3.8, 4) is 0 Å². The van der Waals surface area contributed by atoms with Gasteiger partial charge < -0.3 is 4.90 Å². The lowest BCUT2D eigenvalue weighted by Gasteiger charge is -2.28. The lowest BCUT2D eigenvalue weighted by Crippen LogP contribution is -2.34. The number of nitrogens with zero attached hydrogens (tertiary/aromatic N) is 3. The molecule has 5 heteroatoms. The largest absolute Gasteiger partial charge is 0.336 e. The Morgan fingerprint density at radius 2 is 1.81 bits per heavy atom. The molecule has 0 fully saturated rings. The molecule has 1 aromatic carbocycles. The van der Waals surface area contributed by atoms with Gasteiger partial charge in [-0.25, -0.2) is 4.39 Å². The molecule has 0 saturated heterocycles. The van der Waals surface area contributed by atoms with Gasteiger partial charge >= 0.3 is 0 Å². The van der Waals surface area contributed by atoms with Gasteiger partial charge in [0.1, 0.15) is 5.82 Å². The number of carbonyl (C=O) groups excluding carboxylic acids is 1. The summed E-state index contributed by atoms with van der Waals surface area (Å²) in [7, 11) is 0. The fourth-order valence-corrected chi connectivity index (χ4v) is 3.35. The number of rotatable bonds is 7. The Bertz CT molecular complexity index is 749. The van der Waals surface area contributed by atoms with Gasteiger partial charge in [-0.2, -0.15) is 5.10 Å². The third-order valence-corrected chi connectivity index (χ3v) is 4.88. The van der Waals surface area contributed by atoms with Crippen molar-refractivity contribution in [3.63, 3.8) is 0 Å². The van der Waals surface area contributed by atoms with E-state index in [1.165, 1.54) is 12.1 Å². The summed E-state index contributed by atoms with van der Waals surface area (Å²) in [6, 6.07) is 6.27. The zero-order valence-corrected chi connectivity index (χ0v) is 16.7. The van der Waals surface area contributed by atoms with Gasteiger partial charge in [-0.15, -0.1) is 0 Å². The molecule has 1 aromatic heterocycles. The number of aromatic nitrogens is 2. The maximum absolute atomic E-state index is 13.2. The highest BCUT2D eigenvalue weighted by Gasteiger charge is 2.23. The van der Waals surface area contributed by atoms with E-state index in [0.29, 0.717) is 18.9 Å². The van der Waals surface area contributed by atoms with E-state index in [2.05, 4.69) is 18.9 Å². The molecule has 0 radical (unpaired) electrons. The fraction of sp³-hybridized carbons (Fsp3) is 0.524. The first kappa shape index (κ1) is 20.1. The Kier molecular flexibility index (Phi) is 6.57. The molecule has 0 aliphatic rings. The van der Waals surface area contributed by atoms with Crippen molar-refractivity contribution in [2.24, 2.45) is 5.92 Å². The molecule has 142 valence electrons. The molecule has 1 amide bonds. The van der Waals surface area contributed by atoms with Gasteiger partial charge in [0.05, 0.1) is 18.2 Å². The number of likely N-dealkylation sites (N-methyl/N-ethyl adjacent to an activating group) is 1. The Labute approximate surface area is 156 Å². The molecule has 4 nitrogen and oxygen atoms in total. The average molecular weight is 359 g/mol. The molecule has 2 rings (SSSR count). The summed E-state index contributed by atoms with van der Waals surface area (Å²) >= 11 is 0. The number of hydrogen-bond donors (Lipinski definition) is 0. The van der Waals surface area contributed by atoms with E-state index in [4.69, 9.17) is 0 Å². The zero-order chi connectivity index (χ0) is 19.4. The molecule has 0 aliphatic carbocycles. The Morgan fingerprint density at radius 3 is 2.35 bits per heavy atom. The number of halogens is 1. The van der Waals surface area contributed by atoms with Crippen LogP contribution in [0.2, 0.25) is 0 Å². The van der Waals surface area contributed by atoms with Gasteiger partial charge in [-0.05, 0) is 51.3 Å². The summed E-state index contributed by atoms with van der Waals surface area (Å²) in [5.74, 6) is 0.306. The maximum atomic E-state index is 13.2. The molecule has 1 atom stereocenters. The minimum atomic E-state index is -0.265. The molecule has 2 aromatic rings. The van der Waals surface area contributed by atoms with Gasteiger partial charge in [0, 0.05) is 24.3 Å². The van der Waals surface area contributed by atoms with E-state index in [1.807, 2.05) is 37.3 Å². The van der Waals surface area contributed by atoms with Crippen LogP contribution in [0, 0.1) is 25.6 Å². The number of aryl methyl sites for hydroxylation is 1. The monoisotopic (exact) mass is 359 g/mol. The number of carbonyl (C=O) groups is 1. The van der Waals surface area contributed by atoms with Crippen molar-refractivity contribution < 1.29 is 9.18 Å². The van der Waals surface area contributed by atoms with Gasteiger partial charge in [-0.1, -0.05) is 26.0 Å². The predicted octanol–water partition coefficient (Wildman–Crippen LogP) is 4.45. The first-order valence-corrected chi connectivity index (χ1v) is 9.32. The van der Waals surface area contributed by atoms with Crippen LogP contribution >= 0.6 is 0 Å². The van der Waals surface area contributed by atoms with Crippen molar-refractivity contribution >= 4 is 5.91 Å². The molecular formula is C21H30FN3O. The average Bonchev–Trinajstić information content (AvgIpc) is 2.83. The van der Waals surface area contributed by atoms with Gasteiger partial charge in [0.15, 0.2) is 0 Å². The second kappa shape index (κ2) is 8.47. The lowest BCUT2D eigenvalue weighted by molar-refractivity contribution is -0.132. The SMILES string of the molecule is CCN(C(=O)Cc1c(C)nn(CC(C)C)c1C)[C@H](C)c1ccc(F)cc1. The predicted molar refractivity (Wildman–Crippen MR) is 102 cm³/mol. The van der Waals surface area contributed by atoms with E-state index in [9.17, 15) is 9.18 Å². The molecule has 0 aliphatic heterocycles. The summed E-state index contributed by atoms with van der Waals surface area (Å²) in [4.78, 5) is 14.8. The van der Waals surface area contributed by atoms with Crippen LogP contribution in [0.3, 0.4) is 0 Å². The third kappa shape index (κ3) is 4.51. The number of amides is 1. The second-order valence-electron chi connectivity index (χ2n) is 7.31. The normalized spacial score (nSPS) is 12.5. The molecule has 0 N–H and O–H groups in total. The minimum Gasteiger partial charge on any atom is -0.336 e. The van der Waals surface area contributed by atoms with Crippen LogP contribution in [0.25, 0.3) is 0 Å². The molecular weight excluding hydrogens is 329 g/mol. The van der Waals surface area contributed by atoms with Crippen LogP contribution in [0.15, 0.2) is 24.3 Å². The third-order valence-electron chi connectivity index (χ3n) is 4.88. The molecule has 0 bridgehead atoms. The summed E-state index contributed by atoms with van der Waals surface area (Å²) in [6.45, 7) is 13.7. The molecule has 0 unspecified atom stereocenters. The first-order valence-electron chi connectivity index (χ1n) is 9.32. The summed E-state index contributed by atoms with van der Waals surface area (Å²) < 4.78 is 15.2. The van der Waals surface area contributed by atoms with Crippen LogP contribution in [-0.4, -0.2) is 27.1 Å².